The molecule has 1 aromatic carbocycles. The van der Waals surface area contributed by atoms with Crippen molar-refractivity contribution in [3.63, 3.8) is 0 Å². The Morgan fingerprint density at radius 3 is 2.65 bits per heavy atom. The van der Waals surface area contributed by atoms with Crippen LogP contribution in [0.4, 0.5) is 4.39 Å². The van der Waals surface area contributed by atoms with Gasteiger partial charge < -0.3 is 4.74 Å². The SMILES string of the molecule is C=CCOC(=O)C(C#N)=Cc1ccc(F)cc1. The lowest BCUT2D eigenvalue weighted by atomic mass is 10.1. The van der Waals surface area contributed by atoms with Gasteiger partial charge in [-0.2, -0.15) is 5.26 Å². The summed E-state index contributed by atoms with van der Waals surface area (Å²) in [7, 11) is 0. The zero-order chi connectivity index (χ0) is 12.7. The second-order valence-corrected chi connectivity index (χ2v) is 3.11. The Hall–Kier alpha value is -2.41. The summed E-state index contributed by atoms with van der Waals surface area (Å²) in [5.74, 6) is -1.10. The lowest BCUT2D eigenvalue weighted by Gasteiger charge is -2.00. The third-order valence-electron chi connectivity index (χ3n) is 1.85. The van der Waals surface area contributed by atoms with E-state index in [4.69, 9.17) is 10.00 Å². The van der Waals surface area contributed by atoms with E-state index in [0.29, 0.717) is 5.56 Å². The summed E-state index contributed by atoms with van der Waals surface area (Å²) >= 11 is 0. The Labute approximate surface area is 98.4 Å². The third kappa shape index (κ3) is 3.92. The van der Waals surface area contributed by atoms with Crippen molar-refractivity contribution in [2.45, 2.75) is 0 Å². The molecule has 0 bridgehead atoms. The maximum absolute atomic E-state index is 12.6. The normalized spacial score (nSPS) is 10.5. The highest BCUT2D eigenvalue weighted by molar-refractivity contribution is 5.97. The second kappa shape index (κ2) is 6.23. The molecule has 4 heteroatoms. The standard InChI is InChI=1S/C13H10FNO2/c1-2-7-17-13(16)11(9-15)8-10-3-5-12(14)6-4-10/h2-6,8H,1,7H2. The fraction of sp³-hybridized carbons (Fsp3) is 0.0769. The van der Waals surface area contributed by atoms with Gasteiger partial charge in [0.1, 0.15) is 24.1 Å². The fourth-order valence-corrected chi connectivity index (χ4v) is 1.07. The van der Waals surface area contributed by atoms with Crippen LogP contribution in [0.2, 0.25) is 0 Å². The molecule has 0 saturated heterocycles. The van der Waals surface area contributed by atoms with Crippen LogP contribution < -0.4 is 0 Å². The fourth-order valence-electron chi connectivity index (χ4n) is 1.07. The molecule has 0 saturated carbocycles. The van der Waals surface area contributed by atoms with E-state index < -0.39 is 5.97 Å². The Kier molecular flexibility index (Phi) is 4.64. The van der Waals surface area contributed by atoms with Gasteiger partial charge in [-0.3, -0.25) is 0 Å². The summed E-state index contributed by atoms with van der Waals surface area (Å²) < 4.78 is 17.4. The Balaban J connectivity index is 2.87. The number of benzene rings is 1. The number of ether oxygens (including phenoxy) is 1. The molecule has 0 aliphatic heterocycles. The van der Waals surface area contributed by atoms with Crippen LogP contribution in [0.3, 0.4) is 0 Å². The number of carbonyl (C=O) groups excluding carboxylic acids is 1. The molecule has 3 nitrogen and oxygen atoms in total. The van der Waals surface area contributed by atoms with Crippen molar-refractivity contribution in [2.24, 2.45) is 0 Å². The van der Waals surface area contributed by atoms with Crippen molar-refractivity contribution < 1.29 is 13.9 Å². The first-order valence-electron chi connectivity index (χ1n) is 4.82. The average Bonchev–Trinajstić information content (AvgIpc) is 2.35. The maximum atomic E-state index is 12.6. The summed E-state index contributed by atoms with van der Waals surface area (Å²) in [5, 5.41) is 8.79. The lowest BCUT2D eigenvalue weighted by molar-refractivity contribution is -0.137. The number of halogens is 1. The van der Waals surface area contributed by atoms with Gasteiger partial charge in [-0.1, -0.05) is 24.8 Å². The monoisotopic (exact) mass is 231 g/mol. The molecule has 0 N–H and O–H groups in total. The minimum Gasteiger partial charge on any atom is -0.457 e. The minimum atomic E-state index is -0.725. The van der Waals surface area contributed by atoms with Crippen LogP contribution in [0.5, 0.6) is 0 Å². The first kappa shape index (κ1) is 12.7. The lowest BCUT2D eigenvalue weighted by Crippen LogP contribution is -2.06. The highest BCUT2D eigenvalue weighted by Gasteiger charge is 2.09. The molecule has 0 aliphatic carbocycles. The van der Waals surface area contributed by atoms with Gasteiger partial charge in [0, 0.05) is 0 Å². The van der Waals surface area contributed by atoms with E-state index in [1.54, 1.807) is 6.07 Å². The quantitative estimate of drug-likeness (QED) is 0.346. The summed E-state index contributed by atoms with van der Waals surface area (Å²) in [6.07, 6.45) is 2.75. The van der Waals surface area contributed by atoms with E-state index >= 15 is 0 Å². The Morgan fingerprint density at radius 2 is 2.12 bits per heavy atom. The summed E-state index contributed by atoms with van der Waals surface area (Å²) in [4.78, 5) is 11.4. The van der Waals surface area contributed by atoms with Crippen molar-refractivity contribution in [2.75, 3.05) is 6.61 Å². The van der Waals surface area contributed by atoms with Gasteiger partial charge >= 0.3 is 5.97 Å². The summed E-state index contributed by atoms with van der Waals surface area (Å²) in [6.45, 7) is 3.43. The number of hydrogen-bond acceptors (Lipinski definition) is 3. The van der Waals surface area contributed by atoms with Gasteiger partial charge in [0.05, 0.1) is 0 Å². The van der Waals surface area contributed by atoms with Crippen molar-refractivity contribution >= 4 is 12.0 Å². The van der Waals surface area contributed by atoms with E-state index in [2.05, 4.69) is 6.58 Å². The molecule has 0 fully saturated rings. The number of nitrogens with zero attached hydrogens (tertiary/aromatic N) is 1. The van der Waals surface area contributed by atoms with E-state index in [-0.39, 0.29) is 18.0 Å². The molecule has 0 unspecified atom stereocenters. The molecule has 0 aliphatic rings. The molecule has 0 amide bonds. The van der Waals surface area contributed by atoms with Crippen LogP contribution in [0, 0.1) is 17.1 Å². The molecular formula is C13H10FNO2. The Bertz CT molecular complexity index is 483. The van der Waals surface area contributed by atoms with Crippen LogP contribution in [-0.2, 0) is 9.53 Å². The number of nitriles is 1. The molecule has 0 atom stereocenters. The van der Waals surface area contributed by atoms with E-state index in [9.17, 15) is 9.18 Å². The van der Waals surface area contributed by atoms with Crippen molar-refractivity contribution in [1.29, 1.82) is 5.26 Å². The van der Waals surface area contributed by atoms with Crippen LogP contribution in [0.15, 0.2) is 42.5 Å². The molecular weight excluding hydrogens is 221 g/mol. The molecule has 17 heavy (non-hydrogen) atoms. The van der Waals surface area contributed by atoms with Crippen LogP contribution in [-0.4, -0.2) is 12.6 Å². The van der Waals surface area contributed by atoms with Gasteiger partial charge in [-0.25, -0.2) is 9.18 Å². The summed E-state index contributed by atoms with van der Waals surface area (Å²) in [6, 6.07) is 7.16. The van der Waals surface area contributed by atoms with E-state index in [0.717, 1.165) is 0 Å². The zero-order valence-electron chi connectivity index (χ0n) is 9.02. The van der Waals surface area contributed by atoms with Crippen LogP contribution >= 0.6 is 0 Å². The molecule has 86 valence electrons. The third-order valence-corrected chi connectivity index (χ3v) is 1.85. The zero-order valence-corrected chi connectivity index (χ0v) is 9.02. The second-order valence-electron chi connectivity index (χ2n) is 3.11. The topological polar surface area (TPSA) is 50.1 Å². The Morgan fingerprint density at radius 1 is 1.47 bits per heavy atom. The highest BCUT2D eigenvalue weighted by Crippen LogP contribution is 2.09. The predicted octanol–water partition coefficient (Wildman–Crippen LogP) is 2.46. The number of esters is 1. The number of carbonyl (C=O) groups is 1. The van der Waals surface area contributed by atoms with Gasteiger partial charge in [-0.15, -0.1) is 0 Å². The largest absolute Gasteiger partial charge is 0.457 e. The highest BCUT2D eigenvalue weighted by atomic mass is 19.1. The van der Waals surface area contributed by atoms with E-state index in [1.807, 2.05) is 0 Å². The van der Waals surface area contributed by atoms with Crippen molar-refractivity contribution in [1.82, 2.24) is 0 Å². The minimum absolute atomic E-state index is 0.0429. The molecule has 1 aromatic rings. The smallest absolute Gasteiger partial charge is 0.349 e. The number of rotatable bonds is 4. The van der Waals surface area contributed by atoms with Gasteiger partial charge in [0.15, 0.2) is 0 Å². The van der Waals surface area contributed by atoms with Crippen molar-refractivity contribution in [3.8, 4) is 6.07 Å². The molecule has 0 radical (unpaired) electrons. The first-order chi connectivity index (χ1) is 8.17. The molecule has 0 heterocycles. The molecule has 0 aromatic heterocycles. The molecule has 0 spiro atoms. The summed E-state index contributed by atoms with van der Waals surface area (Å²) in [5.41, 5.74) is 0.414. The first-order valence-corrected chi connectivity index (χ1v) is 4.82. The average molecular weight is 231 g/mol. The predicted molar refractivity (Wildman–Crippen MR) is 61.1 cm³/mol. The maximum Gasteiger partial charge on any atom is 0.349 e. The van der Waals surface area contributed by atoms with Crippen LogP contribution in [0.1, 0.15) is 5.56 Å². The van der Waals surface area contributed by atoms with Gasteiger partial charge in [0.25, 0.3) is 0 Å². The number of hydrogen-bond donors (Lipinski definition) is 0. The van der Waals surface area contributed by atoms with Gasteiger partial charge in [0.2, 0.25) is 0 Å². The molecule has 1 rings (SSSR count). The van der Waals surface area contributed by atoms with Crippen molar-refractivity contribution in [3.05, 3.63) is 53.9 Å². The van der Waals surface area contributed by atoms with E-state index in [1.165, 1.54) is 36.4 Å². The van der Waals surface area contributed by atoms with Crippen LogP contribution in [0.25, 0.3) is 6.08 Å². The van der Waals surface area contributed by atoms with Gasteiger partial charge in [-0.05, 0) is 23.8 Å².